The van der Waals surface area contributed by atoms with Crippen molar-refractivity contribution in [1.82, 2.24) is 4.98 Å². The summed E-state index contributed by atoms with van der Waals surface area (Å²) >= 11 is 0. The summed E-state index contributed by atoms with van der Waals surface area (Å²) in [5.41, 5.74) is 2.62. The van der Waals surface area contributed by atoms with Crippen LogP contribution in [0.1, 0.15) is 23.7 Å². The van der Waals surface area contributed by atoms with Gasteiger partial charge in [-0.15, -0.1) is 0 Å². The molecule has 4 heteroatoms. The smallest absolute Gasteiger partial charge is 0.303 e. The molecule has 0 fully saturated rings. The Balaban J connectivity index is 2.94. The van der Waals surface area contributed by atoms with Crippen LogP contribution in [0.4, 0.5) is 0 Å². The highest BCUT2D eigenvalue weighted by Crippen LogP contribution is 2.24. The Morgan fingerprint density at radius 3 is 2.67 bits per heavy atom. The Bertz CT molecular complexity index is 374. The second kappa shape index (κ2) is 4.77. The van der Waals surface area contributed by atoms with E-state index < -0.39 is 0 Å². The van der Waals surface area contributed by atoms with E-state index in [1.807, 2.05) is 13.8 Å². The molecule has 0 saturated carbocycles. The van der Waals surface area contributed by atoms with Crippen molar-refractivity contribution in [2.24, 2.45) is 0 Å². The number of hydrogen-bond donors (Lipinski definition) is 0. The van der Waals surface area contributed by atoms with Crippen LogP contribution in [-0.4, -0.2) is 18.1 Å². The second-order valence-corrected chi connectivity index (χ2v) is 3.33. The Labute approximate surface area is 89.2 Å². The highest BCUT2D eigenvalue weighted by molar-refractivity contribution is 5.65. The molecule has 0 aliphatic rings. The van der Waals surface area contributed by atoms with Crippen molar-refractivity contribution in [3.05, 3.63) is 23.0 Å². The van der Waals surface area contributed by atoms with Gasteiger partial charge in [0.1, 0.15) is 12.4 Å². The number of rotatable bonds is 3. The highest BCUT2D eigenvalue weighted by atomic mass is 16.5. The molecule has 0 aliphatic carbocycles. The van der Waals surface area contributed by atoms with Gasteiger partial charge in [-0.25, -0.2) is 0 Å². The Kier molecular flexibility index (Phi) is 3.66. The van der Waals surface area contributed by atoms with Gasteiger partial charge >= 0.3 is 5.97 Å². The Morgan fingerprint density at radius 2 is 2.13 bits per heavy atom. The van der Waals surface area contributed by atoms with E-state index in [1.165, 1.54) is 6.92 Å². The van der Waals surface area contributed by atoms with Crippen LogP contribution >= 0.6 is 0 Å². The van der Waals surface area contributed by atoms with E-state index >= 15 is 0 Å². The number of esters is 1. The molecule has 0 aliphatic heterocycles. The van der Waals surface area contributed by atoms with E-state index in [1.54, 1.807) is 13.3 Å². The topological polar surface area (TPSA) is 48.4 Å². The van der Waals surface area contributed by atoms with Crippen LogP contribution in [0.25, 0.3) is 0 Å². The summed E-state index contributed by atoms with van der Waals surface area (Å²) in [6.45, 7) is 5.39. The number of aromatic nitrogens is 1. The highest BCUT2D eigenvalue weighted by Gasteiger charge is 2.09. The van der Waals surface area contributed by atoms with Crippen LogP contribution in [0.3, 0.4) is 0 Å². The summed E-state index contributed by atoms with van der Waals surface area (Å²) in [6, 6.07) is 0. The van der Waals surface area contributed by atoms with Crippen molar-refractivity contribution in [3.63, 3.8) is 0 Å². The summed E-state index contributed by atoms with van der Waals surface area (Å²) in [6.07, 6.45) is 1.71. The standard InChI is InChI=1S/C11H15NO3/c1-7-5-12-10(6-15-9(3)13)8(2)11(7)14-4/h5H,6H2,1-4H3. The van der Waals surface area contributed by atoms with Gasteiger partial charge in [0.25, 0.3) is 0 Å². The van der Waals surface area contributed by atoms with Crippen LogP contribution in [0.5, 0.6) is 5.75 Å². The maximum atomic E-state index is 10.7. The lowest BCUT2D eigenvalue weighted by Crippen LogP contribution is -2.04. The molecule has 0 atom stereocenters. The number of aryl methyl sites for hydroxylation is 1. The van der Waals surface area contributed by atoms with Crippen molar-refractivity contribution >= 4 is 5.97 Å². The van der Waals surface area contributed by atoms with Gasteiger partial charge in [-0.1, -0.05) is 0 Å². The van der Waals surface area contributed by atoms with E-state index in [-0.39, 0.29) is 12.6 Å². The molecule has 0 saturated heterocycles. The SMILES string of the molecule is COc1c(C)cnc(COC(C)=O)c1C. The average molecular weight is 209 g/mol. The van der Waals surface area contributed by atoms with Crippen LogP contribution in [0.15, 0.2) is 6.20 Å². The minimum absolute atomic E-state index is 0.192. The summed E-state index contributed by atoms with van der Waals surface area (Å²) in [7, 11) is 1.62. The first-order valence-corrected chi connectivity index (χ1v) is 4.68. The molecule has 0 radical (unpaired) electrons. The molecule has 0 bridgehead atoms. The fraction of sp³-hybridized carbons (Fsp3) is 0.455. The third kappa shape index (κ3) is 2.68. The van der Waals surface area contributed by atoms with E-state index in [4.69, 9.17) is 9.47 Å². The molecule has 0 aromatic carbocycles. The Morgan fingerprint density at radius 1 is 1.47 bits per heavy atom. The lowest BCUT2D eigenvalue weighted by Gasteiger charge is -2.11. The molecular formula is C11H15NO3. The van der Waals surface area contributed by atoms with Crippen molar-refractivity contribution in [3.8, 4) is 5.75 Å². The van der Waals surface area contributed by atoms with Crippen molar-refractivity contribution in [1.29, 1.82) is 0 Å². The number of nitrogens with zero attached hydrogens (tertiary/aromatic N) is 1. The normalized spacial score (nSPS) is 9.87. The molecule has 1 heterocycles. The zero-order valence-corrected chi connectivity index (χ0v) is 9.46. The first kappa shape index (κ1) is 11.5. The number of carbonyl (C=O) groups is 1. The van der Waals surface area contributed by atoms with Gasteiger partial charge in [0, 0.05) is 24.2 Å². The number of hydrogen-bond acceptors (Lipinski definition) is 4. The molecule has 1 aromatic heterocycles. The predicted molar refractivity (Wildman–Crippen MR) is 55.7 cm³/mol. The van der Waals surface area contributed by atoms with Crippen molar-refractivity contribution in [2.45, 2.75) is 27.4 Å². The third-order valence-electron chi connectivity index (χ3n) is 2.16. The summed E-state index contributed by atoms with van der Waals surface area (Å²) in [4.78, 5) is 14.9. The zero-order valence-electron chi connectivity index (χ0n) is 9.46. The average Bonchev–Trinajstić information content (AvgIpc) is 2.17. The second-order valence-electron chi connectivity index (χ2n) is 3.33. The van der Waals surface area contributed by atoms with E-state index in [0.29, 0.717) is 0 Å². The maximum absolute atomic E-state index is 10.7. The molecule has 0 spiro atoms. The zero-order chi connectivity index (χ0) is 11.4. The fourth-order valence-electron chi connectivity index (χ4n) is 1.39. The monoisotopic (exact) mass is 209 g/mol. The third-order valence-corrected chi connectivity index (χ3v) is 2.16. The predicted octanol–water partition coefficient (Wildman–Crippen LogP) is 1.77. The van der Waals surface area contributed by atoms with Gasteiger partial charge in [0.05, 0.1) is 12.8 Å². The lowest BCUT2D eigenvalue weighted by atomic mass is 10.1. The molecule has 1 aromatic rings. The van der Waals surface area contributed by atoms with Crippen LogP contribution in [0.2, 0.25) is 0 Å². The van der Waals surface area contributed by atoms with Gasteiger partial charge in [-0.05, 0) is 13.8 Å². The van der Waals surface area contributed by atoms with Gasteiger partial charge in [0.15, 0.2) is 0 Å². The summed E-state index contributed by atoms with van der Waals surface area (Å²) < 4.78 is 10.1. The number of ether oxygens (including phenoxy) is 2. The summed E-state index contributed by atoms with van der Waals surface area (Å²) in [5, 5.41) is 0. The first-order valence-electron chi connectivity index (χ1n) is 4.68. The van der Waals surface area contributed by atoms with Crippen molar-refractivity contribution < 1.29 is 14.3 Å². The molecule has 0 amide bonds. The molecule has 82 valence electrons. The van der Waals surface area contributed by atoms with E-state index in [2.05, 4.69) is 4.98 Å². The van der Waals surface area contributed by atoms with Crippen LogP contribution in [0, 0.1) is 13.8 Å². The van der Waals surface area contributed by atoms with Crippen LogP contribution in [-0.2, 0) is 16.1 Å². The minimum atomic E-state index is -0.309. The van der Waals surface area contributed by atoms with Crippen molar-refractivity contribution in [2.75, 3.05) is 7.11 Å². The maximum Gasteiger partial charge on any atom is 0.303 e. The molecule has 15 heavy (non-hydrogen) atoms. The van der Waals surface area contributed by atoms with Gasteiger partial charge < -0.3 is 9.47 Å². The lowest BCUT2D eigenvalue weighted by molar-refractivity contribution is -0.142. The van der Waals surface area contributed by atoms with E-state index in [9.17, 15) is 4.79 Å². The summed E-state index contributed by atoms with van der Waals surface area (Å²) in [5.74, 6) is 0.489. The Hall–Kier alpha value is -1.58. The first-order chi connectivity index (χ1) is 7.06. The van der Waals surface area contributed by atoms with Gasteiger partial charge in [-0.2, -0.15) is 0 Å². The van der Waals surface area contributed by atoms with Crippen LogP contribution < -0.4 is 4.74 Å². The number of methoxy groups -OCH3 is 1. The largest absolute Gasteiger partial charge is 0.496 e. The number of pyridine rings is 1. The molecule has 0 unspecified atom stereocenters. The fourth-order valence-corrected chi connectivity index (χ4v) is 1.39. The number of carbonyl (C=O) groups excluding carboxylic acids is 1. The molecule has 4 nitrogen and oxygen atoms in total. The van der Waals surface area contributed by atoms with Gasteiger partial charge in [0.2, 0.25) is 0 Å². The molecule has 0 N–H and O–H groups in total. The molecular weight excluding hydrogens is 194 g/mol. The minimum Gasteiger partial charge on any atom is -0.496 e. The molecule has 1 rings (SSSR count). The quantitative estimate of drug-likeness (QED) is 0.712. The van der Waals surface area contributed by atoms with Gasteiger partial charge in [-0.3, -0.25) is 9.78 Å². The van der Waals surface area contributed by atoms with E-state index in [0.717, 1.165) is 22.6 Å².